The number of hydrogen-bond acceptors (Lipinski definition) is 0. The molecule has 4 rings (SSSR count). The lowest BCUT2D eigenvalue weighted by molar-refractivity contribution is -0.107. The summed E-state index contributed by atoms with van der Waals surface area (Å²) in [5, 5.41) is 0. The molecular formula is C21H34. The molecule has 4 aliphatic carbocycles. The van der Waals surface area contributed by atoms with Crippen molar-refractivity contribution in [2.24, 2.45) is 40.4 Å². The van der Waals surface area contributed by atoms with E-state index in [2.05, 4.69) is 26.5 Å². The lowest BCUT2D eigenvalue weighted by Crippen LogP contribution is -2.52. The van der Waals surface area contributed by atoms with Crippen LogP contribution in [0.5, 0.6) is 0 Å². The summed E-state index contributed by atoms with van der Waals surface area (Å²) < 4.78 is 0. The average Bonchev–Trinajstić information content (AvgIpc) is 2.83. The first-order valence-corrected chi connectivity index (χ1v) is 9.72. The highest BCUT2D eigenvalue weighted by atomic mass is 14.6. The topological polar surface area (TPSA) is 0 Å². The van der Waals surface area contributed by atoms with Crippen LogP contribution in [-0.4, -0.2) is 0 Å². The second kappa shape index (κ2) is 4.87. The largest absolute Gasteiger partial charge is 0.103 e. The minimum atomic E-state index is 0.598. The van der Waals surface area contributed by atoms with Gasteiger partial charge < -0.3 is 0 Å². The molecule has 0 saturated heterocycles. The normalized spacial score (nSPS) is 56.2. The zero-order valence-corrected chi connectivity index (χ0v) is 14.2. The zero-order valence-electron chi connectivity index (χ0n) is 14.2. The summed E-state index contributed by atoms with van der Waals surface area (Å²) >= 11 is 0. The van der Waals surface area contributed by atoms with Gasteiger partial charge in [0.05, 0.1) is 0 Å². The van der Waals surface area contributed by atoms with Crippen LogP contribution in [0, 0.1) is 40.4 Å². The minimum Gasteiger partial charge on any atom is -0.103 e. The fourth-order valence-corrected chi connectivity index (χ4v) is 7.72. The van der Waals surface area contributed by atoms with E-state index < -0.39 is 0 Å². The van der Waals surface area contributed by atoms with Gasteiger partial charge in [-0.25, -0.2) is 0 Å². The van der Waals surface area contributed by atoms with E-state index in [1.165, 1.54) is 51.4 Å². The highest BCUT2D eigenvalue weighted by molar-refractivity contribution is 5.11. The Kier molecular flexibility index (Phi) is 3.32. The van der Waals surface area contributed by atoms with E-state index in [0.29, 0.717) is 10.8 Å². The molecule has 4 fully saturated rings. The lowest BCUT2D eigenvalue weighted by atomic mass is 9.45. The Balaban J connectivity index is 1.64. The molecule has 0 nitrogen and oxygen atoms in total. The van der Waals surface area contributed by atoms with E-state index in [1.54, 1.807) is 12.8 Å². The van der Waals surface area contributed by atoms with Crippen LogP contribution in [0.25, 0.3) is 0 Å². The van der Waals surface area contributed by atoms with Crippen LogP contribution in [0.4, 0.5) is 0 Å². The third-order valence-electron chi connectivity index (χ3n) is 8.94. The Bertz CT molecular complexity index is 424. The first kappa shape index (κ1) is 14.3. The van der Waals surface area contributed by atoms with Gasteiger partial charge in [0.1, 0.15) is 0 Å². The van der Waals surface area contributed by atoms with Gasteiger partial charge in [-0.2, -0.15) is 0 Å². The number of hydrogen-bond donors (Lipinski definition) is 0. The van der Waals surface area contributed by atoms with Gasteiger partial charge in [0.15, 0.2) is 0 Å². The highest BCUT2D eigenvalue weighted by Gasteiger charge is 2.58. The fraction of sp³-hybridized carbons (Fsp3) is 0.905. The predicted molar refractivity (Wildman–Crippen MR) is 90.0 cm³/mol. The Labute approximate surface area is 131 Å². The number of rotatable bonds is 1. The lowest BCUT2D eigenvalue weighted by Gasteiger charge is -2.60. The third kappa shape index (κ3) is 1.86. The molecule has 0 N–H and O–H groups in total. The third-order valence-corrected chi connectivity index (χ3v) is 8.94. The molecule has 0 aromatic carbocycles. The van der Waals surface area contributed by atoms with Crippen LogP contribution in [0.15, 0.2) is 12.7 Å². The SMILES string of the molecule is C=CC1CCC2C3CCC4CCCCC4(C)C3CCC12C. The molecule has 4 saturated carbocycles. The Morgan fingerprint density at radius 3 is 2.43 bits per heavy atom. The number of allylic oxidation sites excluding steroid dienone is 1. The second-order valence-electron chi connectivity index (χ2n) is 9.37. The second-order valence-corrected chi connectivity index (χ2v) is 9.37. The summed E-state index contributed by atoms with van der Waals surface area (Å²) in [4.78, 5) is 0. The summed E-state index contributed by atoms with van der Waals surface area (Å²) in [5.74, 6) is 4.99. The van der Waals surface area contributed by atoms with Crippen molar-refractivity contribution in [1.29, 1.82) is 0 Å². The predicted octanol–water partition coefficient (Wildman–Crippen LogP) is 6.22. The summed E-state index contributed by atoms with van der Waals surface area (Å²) in [6, 6.07) is 0. The maximum atomic E-state index is 4.16. The zero-order chi connectivity index (χ0) is 14.7. The van der Waals surface area contributed by atoms with Crippen LogP contribution >= 0.6 is 0 Å². The summed E-state index contributed by atoms with van der Waals surface area (Å²) in [7, 11) is 0. The van der Waals surface area contributed by atoms with Gasteiger partial charge in [0, 0.05) is 0 Å². The van der Waals surface area contributed by atoms with Crippen molar-refractivity contribution in [3.63, 3.8) is 0 Å². The van der Waals surface area contributed by atoms with Crippen LogP contribution in [0.1, 0.15) is 78.1 Å². The molecule has 7 atom stereocenters. The van der Waals surface area contributed by atoms with E-state index in [0.717, 1.165) is 29.6 Å². The molecule has 0 heterocycles. The monoisotopic (exact) mass is 286 g/mol. The van der Waals surface area contributed by atoms with E-state index in [-0.39, 0.29) is 0 Å². The van der Waals surface area contributed by atoms with Crippen LogP contribution in [-0.2, 0) is 0 Å². The Morgan fingerprint density at radius 2 is 1.62 bits per heavy atom. The van der Waals surface area contributed by atoms with Crippen LogP contribution < -0.4 is 0 Å². The minimum absolute atomic E-state index is 0.598. The highest BCUT2D eigenvalue weighted by Crippen LogP contribution is 2.67. The standard InChI is InChI=1S/C21H34/c1-4-15-9-11-18-17-10-8-16-7-5-6-13-20(16,2)19(17)12-14-21(15,18)3/h4,15-19H,1,5-14H2,2-3H3. The molecule has 0 aromatic rings. The average molecular weight is 287 g/mol. The van der Waals surface area contributed by atoms with Crippen LogP contribution in [0.2, 0.25) is 0 Å². The van der Waals surface area contributed by atoms with Crippen molar-refractivity contribution >= 4 is 0 Å². The molecule has 7 unspecified atom stereocenters. The van der Waals surface area contributed by atoms with Gasteiger partial charge >= 0.3 is 0 Å². The van der Waals surface area contributed by atoms with Crippen molar-refractivity contribution in [2.45, 2.75) is 78.1 Å². The molecule has 0 aromatic heterocycles. The maximum Gasteiger partial charge on any atom is -0.0179 e. The van der Waals surface area contributed by atoms with E-state index in [1.807, 2.05) is 0 Å². The Hall–Kier alpha value is -0.260. The van der Waals surface area contributed by atoms with E-state index in [4.69, 9.17) is 0 Å². The van der Waals surface area contributed by atoms with Crippen molar-refractivity contribution < 1.29 is 0 Å². The molecule has 0 heteroatoms. The summed E-state index contributed by atoms with van der Waals surface area (Å²) in [6.07, 6.45) is 17.4. The molecule has 0 aliphatic heterocycles. The maximum absolute atomic E-state index is 4.16. The fourth-order valence-electron chi connectivity index (χ4n) is 7.72. The molecule has 4 aliphatic rings. The first-order valence-electron chi connectivity index (χ1n) is 9.72. The van der Waals surface area contributed by atoms with Gasteiger partial charge in [0.2, 0.25) is 0 Å². The summed E-state index contributed by atoms with van der Waals surface area (Å²) in [6.45, 7) is 9.47. The Morgan fingerprint density at radius 1 is 0.810 bits per heavy atom. The van der Waals surface area contributed by atoms with Crippen LogP contribution in [0.3, 0.4) is 0 Å². The molecule has 0 spiro atoms. The molecule has 0 radical (unpaired) electrons. The van der Waals surface area contributed by atoms with Crippen molar-refractivity contribution in [3.8, 4) is 0 Å². The molecular weight excluding hydrogens is 252 g/mol. The quantitative estimate of drug-likeness (QED) is 0.502. The van der Waals surface area contributed by atoms with Gasteiger partial charge in [-0.3, -0.25) is 0 Å². The van der Waals surface area contributed by atoms with Gasteiger partial charge in [-0.05, 0) is 91.8 Å². The van der Waals surface area contributed by atoms with Crippen molar-refractivity contribution in [1.82, 2.24) is 0 Å². The smallest absolute Gasteiger partial charge is 0.0179 e. The molecule has 0 bridgehead atoms. The van der Waals surface area contributed by atoms with Gasteiger partial charge in [-0.15, -0.1) is 6.58 Å². The van der Waals surface area contributed by atoms with E-state index in [9.17, 15) is 0 Å². The molecule has 21 heavy (non-hydrogen) atoms. The van der Waals surface area contributed by atoms with Gasteiger partial charge in [0.25, 0.3) is 0 Å². The molecule has 0 amide bonds. The van der Waals surface area contributed by atoms with Gasteiger partial charge in [-0.1, -0.05) is 32.8 Å². The first-order chi connectivity index (χ1) is 10.1. The number of fused-ring (bicyclic) bond motifs is 5. The van der Waals surface area contributed by atoms with Crippen molar-refractivity contribution in [2.75, 3.05) is 0 Å². The molecule has 118 valence electrons. The van der Waals surface area contributed by atoms with Crippen molar-refractivity contribution in [3.05, 3.63) is 12.7 Å². The summed E-state index contributed by atoms with van der Waals surface area (Å²) in [5.41, 5.74) is 1.30. The van der Waals surface area contributed by atoms with E-state index >= 15 is 0 Å².